The summed E-state index contributed by atoms with van der Waals surface area (Å²) in [7, 11) is -3.18. The van der Waals surface area contributed by atoms with E-state index in [1.807, 2.05) is 0 Å². The van der Waals surface area contributed by atoms with E-state index in [2.05, 4.69) is 45.4 Å². The van der Waals surface area contributed by atoms with Crippen molar-refractivity contribution in [1.29, 1.82) is 0 Å². The molecule has 0 unspecified atom stereocenters. The molecule has 1 atom stereocenters. The molecule has 0 bridgehead atoms. The summed E-state index contributed by atoms with van der Waals surface area (Å²) < 4.78 is 23.9. The molecule has 2 rings (SSSR count). The van der Waals surface area contributed by atoms with E-state index in [4.69, 9.17) is 18.3 Å². The predicted octanol–water partition coefficient (Wildman–Crippen LogP) is 5.04. The fraction of sp³-hybridized carbons (Fsp3) is 0.857. The van der Waals surface area contributed by atoms with Crippen molar-refractivity contribution in [3.8, 4) is 0 Å². The van der Waals surface area contributed by atoms with E-state index in [-0.39, 0.29) is 11.9 Å². The maximum atomic E-state index is 12.2. The fourth-order valence-corrected chi connectivity index (χ4v) is 5.34. The monoisotopic (exact) mass is 428 g/mol. The third-order valence-electron chi connectivity index (χ3n) is 4.93. The van der Waals surface area contributed by atoms with E-state index in [1.54, 1.807) is 0 Å². The van der Waals surface area contributed by atoms with E-state index in [1.165, 1.54) is 0 Å². The topological polar surface area (TPSA) is 54.0 Å². The van der Waals surface area contributed by atoms with Gasteiger partial charge in [0.2, 0.25) is 0 Å². The predicted molar refractivity (Wildman–Crippen MR) is 118 cm³/mol. The third kappa shape index (κ3) is 8.59. The summed E-state index contributed by atoms with van der Waals surface area (Å²) in [6, 6.07) is 0. The Labute approximate surface area is 173 Å². The smallest absolute Gasteiger partial charge is 0.190 e. The molecule has 5 nitrogen and oxygen atoms in total. The summed E-state index contributed by atoms with van der Waals surface area (Å²) in [5.41, 5.74) is 0.978. The molecule has 0 radical (unpaired) electrons. The Morgan fingerprint density at radius 3 is 2.25 bits per heavy atom. The van der Waals surface area contributed by atoms with Gasteiger partial charge < -0.3 is 18.3 Å². The summed E-state index contributed by atoms with van der Waals surface area (Å²) in [6.45, 7) is 14.9. The molecule has 1 aliphatic heterocycles. The number of carbonyl (C=O) groups excluding carboxylic acids is 1. The minimum atomic E-state index is -1.60. The standard InChI is InChI=1S/C21H40O5Si2/c1-27(2,3)25-17-21(23-13-14-24-21)12-10-8-7-9-11-18-15-19(16-20(18)22)26-28(4,5)6/h15,19H,7-14,16-17H2,1-6H3/t19-/m0/s1. The third-order valence-corrected chi connectivity index (χ3v) is 6.95. The van der Waals surface area contributed by atoms with Crippen molar-refractivity contribution < 1.29 is 23.1 Å². The van der Waals surface area contributed by atoms with E-state index in [9.17, 15) is 4.79 Å². The molecule has 0 spiro atoms. The van der Waals surface area contributed by atoms with Gasteiger partial charge in [0.15, 0.2) is 28.2 Å². The van der Waals surface area contributed by atoms with Crippen LogP contribution in [0.1, 0.15) is 44.9 Å². The van der Waals surface area contributed by atoms with Gasteiger partial charge in [0.05, 0.1) is 25.9 Å². The SMILES string of the molecule is C[Si](C)(C)OCC1(CCCCCCC2=C[C@H](O[Si](C)(C)C)CC2=O)OCCO1. The number of carbonyl (C=O) groups is 1. The zero-order valence-electron chi connectivity index (χ0n) is 18.8. The molecule has 2 aliphatic rings. The van der Waals surface area contributed by atoms with E-state index in [0.717, 1.165) is 44.1 Å². The lowest BCUT2D eigenvalue weighted by atomic mass is 10.0. The van der Waals surface area contributed by atoms with Crippen LogP contribution in [-0.2, 0) is 23.1 Å². The first kappa shape index (κ1) is 24.0. The fourth-order valence-electron chi connectivity index (χ4n) is 3.63. The first-order valence-electron chi connectivity index (χ1n) is 10.8. The molecule has 0 saturated carbocycles. The summed E-state index contributed by atoms with van der Waals surface area (Å²) in [5, 5.41) is 0. The lowest BCUT2D eigenvalue weighted by Crippen LogP contribution is -2.40. The van der Waals surface area contributed by atoms with Crippen LogP contribution in [0.15, 0.2) is 11.6 Å². The minimum absolute atomic E-state index is 0.0112. The van der Waals surface area contributed by atoms with Crippen molar-refractivity contribution in [3.05, 3.63) is 11.6 Å². The highest BCUT2D eigenvalue weighted by Gasteiger charge is 2.37. The maximum Gasteiger partial charge on any atom is 0.190 e. The molecule has 0 aromatic carbocycles. The molecule has 0 amide bonds. The Balaban J connectivity index is 1.65. The normalized spacial score (nSPS) is 22.7. The van der Waals surface area contributed by atoms with Crippen molar-refractivity contribution >= 4 is 22.4 Å². The van der Waals surface area contributed by atoms with Crippen LogP contribution in [0.3, 0.4) is 0 Å². The van der Waals surface area contributed by atoms with E-state index < -0.39 is 22.4 Å². The van der Waals surface area contributed by atoms with Gasteiger partial charge in [0.25, 0.3) is 0 Å². The molecular weight excluding hydrogens is 388 g/mol. The Bertz CT molecular complexity index is 542. The van der Waals surface area contributed by atoms with Gasteiger partial charge in [0.1, 0.15) is 0 Å². The molecule has 0 aromatic rings. The number of ketones is 1. The highest BCUT2D eigenvalue weighted by Crippen LogP contribution is 2.29. The second-order valence-electron chi connectivity index (χ2n) is 10.0. The molecule has 162 valence electrons. The Morgan fingerprint density at radius 2 is 1.64 bits per heavy atom. The zero-order chi connectivity index (χ0) is 20.8. The second kappa shape index (κ2) is 10.1. The van der Waals surface area contributed by atoms with Gasteiger partial charge in [-0.1, -0.05) is 12.8 Å². The van der Waals surface area contributed by atoms with Gasteiger partial charge in [-0.2, -0.15) is 0 Å². The van der Waals surface area contributed by atoms with Gasteiger partial charge in [-0.15, -0.1) is 0 Å². The molecule has 0 N–H and O–H groups in total. The van der Waals surface area contributed by atoms with Crippen molar-refractivity contribution in [2.45, 2.75) is 96.1 Å². The van der Waals surface area contributed by atoms with Crippen LogP contribution in [0, 0.1) is 0 Å². The summed E-state index contributed by atoms with van der Waals surface area (Å²) in [5.74, 6) is -0.260. The quantitative estimate of drug-likeness (QED) is 0.322. The number of unbranched alkanes of at least 4 members (excludes halogenated alkanes) is 3. The van der Waals surface area contributed by atoms with Crippen LogP contribution in [0.2, 0.25) is 39.3 Å². The van der Waals surface area contributed by atoms with Crippen LogP contribution in [0.4, 0.5) is 0 Å². The summed E-state index contributed by atoms with van der Waals surface area (Å²) in [4.78, 5) is 12.2. The van der Waals surface area contributed by atoms with Crippen LogP contribution in [-0.4, -0.2) is 54.1 Å². The number of hydrogen-bond acceptors (Lipinski definition) is 5. The zero-order valence-corrected chi connectivity index (χ0v) is 20.8. The van der Waals surface area contributed by atoms with Crippen molar-refractivity contribution in [2.75, 3.05) is 19.8 Å². The Hall–Kier alpha value is -0.316. The molecule has 1 aliphatic carbocycles. The summed E-state index contributed by atoms with van der Waals surface area (Å²) >= 11 is 0. The molecule has 1 fully saturated rings. The molecule has 0 aromatic heterocycles. The van der Waals surface area contributed by atoms with E-state index >= 15 is 0 Å². The second-order valence-corrected chi connectivity index (χ2v) is 19.0. The van der Waals surface area contributed by atoms with Crippen molar-refractivity contribution in [1.82, 2.24) is 0 Å². The van der Waals surface area contributed by atoms with Crippen LogP contribution < -0.4 is 0 Å². The first-order valence-corrected chi connectivity index (χ1v) is 17.6. The van der Waals surface area contributed by atoms with Crippen LogP contribution >= 0.6 is 0 Å². The largest absolute Gasteiger partial charge is 0.412 e. The van der Waals surface area contributed by atoms with Crippen LogP contribution in [0.25, 0.3) is 0 Å². The lowest BCUT2D eigenvalue weighted by Gasteiger charge is -2.30. The molecule has 7 heteroatoms. The molecule has 1 heterocycles. The number of hydrogen-bond donors (Lipinski definition) is 0. The first-order chi connectivity index (χ1) is 13.0. The molecular formula is C21H40O5Si2. The molecule has 28 heavy (non-hydrogen) atoms. The highest BCUT2D eigenvalue weighted by atomic mass is 28.4. The Morgan fingerprint density at radius 1 is 1.00 bits per heavy atom. The van der Waals surface area contributed by atoms with Crippen LogP contribution in [0.5, 0.6) is 0 Å². The minimum Gasteiger partial charge on any atom is -0.412 e. The van der Waals surface area contributed by atoms with Crippen molar-refractivity contribution in [3.63, 3.8) is 0 Å². The lowest BCUT2D eigenvalue weighted by molar-refractivity contribution is -0.183. The van der Waals surface area contributed by atoms with Gasteiger partial charge in [-0.05, 0) is 70.2 Å². The number of rotatable bonds is 12. The van der Waals surface area contributed by atoms with Gasteiger partial charge in [-0.25, -0.2) is 0 Å². The summed E-state index contributed by atoms with van der Waals surface area (Å²) in [6.07, 6.45) is 8.73. The van der Waals surface area contributed by atoms with Crippen molar-refractivity contribution in [2.24, 2.45) is 0 Å². The van der Waals surface area contributed by atoms with Gasteiger partial charge in [0, 0.05) is 12.8 Å². The number of ether oxygens (including phenoxy) is 2. The number of Topliss-reactive ketones (excluding diaryl/α,β-unsaturated/α-hetero) is 1. The average Bonchev–Trinajstić information content (AvgIpc) is 3.14. The van der Waals surface area contributed by atoms with E-state index in [0.29, 0.717) is 26.2 Å². The number of allylic oxidation sites excluding steroid dienone is 1. The average molecular weight is 429 g/mol. The molecule has 1 saturated heterocycles. The maximum absolute atomic E-state index is 12.2. The van der Waals surface area contributed by atoms with Gasteiger partial charge >= 0.3 is 0 Å². The van der Waals surface area contributed by atoms with Gasteiger partial charge in [-0.3, -0.25) is 4.79 Å². The highest BCUT2D eigenvalue weighted by molar-refractivity contribution is 6.70. The Kier molecular flexibility index (Phi) is 8.67.